The Kier molecular flexibility index (Phi) is 4.28. The van der Waals surface area contributed by atoms with E-state index in [1.165, 1.54) is 0 Å². The molecule has 3 aromatic rings. The molecular formula is C22H21FN4O. The van der Waals surface area contributed by atoms with Gasteiger partial charge in [0.05, 0.1) is 23.8 Å². The van der Waals surface area contributed by atoms with Gasteiger partial charge >= 0.3 is 0 Å². The average Bonchev–Trinajstić information content (AvgIpc) is 2.72. The number of halogens is 1. The molecule has 5 rings (SSSR count). The van der Waals surface area contributed by atoms with Crippen LogP contribution in [0, 0.1) is 0 Å². The normalized spacial score (nSPS) is 25.9. The standard InChI is InChI=1S/C22H21FN4O/c23-22-14(6-16-2-1-3-19(22)27-16)7-17-11-26-20(12-25-17)18-8-13-4-5-24-10-15(13)9-21(18)28/h4-5,7-12,16,19,22,27-28H,1-3,6H2/b14-7+/t16?,19?,22-/m0/s1. The zero-order valence-corrected chi connectivity index (χ0v) is 15.3. The zero-order chi connectivity index (χ0) is 19.1. The number of rotatable bonds is 2. The van der Waals surface area contributed by atoms with Crippen molar-refractivity contribution in [2.24, 2.45) is 0 Å². The summed E-state index contributed by atoms with van der Waals surface area (Å²) in [6.07, 6.45) is 11.4. The Hall–Kier alpha value is -2.86. The Balaban J connectivity index is 1.44. The minimum atomic E-state index is -0.962. The van der Waals surface area contributed by atoms with Crippen LogP contribution in [0.15, 0.2) is 48.6 Å². The van der Waals surface area contributed by atoms with Crippen LogP contribution in [0.5, 0.6) is 5.75 Å². The highest BCUT2D eigenvalue weighted by molar-refractivity contribution is 5.89. The predicted octanol–water partition coefficient (Wildman–Crippen LogP) is 4.03. The van der Waals surface area contributed by atoms with Crippen molar-refractivity contribution in [1.29, 1.82) is 0 Å². The van der Waals surface area contributed by atoms with Gasteiger partial charge in [-0.3, -0.25) is 15.0 Å². The maximum atomic E-state index is 14.7. The van der Waals surface area contributed by atoms with Gasteiger partial charge in [-0.05, 0) is 54.5 Å². The first-order chi connectivity index (χ1) is 13.7. The largest absolute Gasteiger partial charge is 0.507 e. The second kappa shape index (κ2) is 6.95. The van der Waals surface area contributed by atoms with Crippen molar-refractivity contribution in [3.63, 3.8) is 0 Å². The van der Waals surface area contributed by atoms with Crippen LogP contribution in [0.4, 0.5) is 4.39 Å². The molecule has 0 radical (unpaired) electrons. The topological polar surface area (TPSA) is 70.9 Å². The van der Waals surface area contributed by atoms with E-state index in [1.807, 2.05) is 18.2 Å². The molecule has 142 valence electrons. The Bertz CT molecular complexity index is 1050. The summed E-state index contributed by atoms with van der Waals surface area (Å²) in [4.78, 5) is 13.0. The lowest BCUT2D eigenvalue weighted by Gasteiger charge is -2.39. The highest BCUT2D eigenvalue weighted by Crippen LogP contribution is 2.34. The van der Waals surface area contributed by atoms with Crippen LogP contribution in [0.2, 0.25) is 0 Å². The summed E-state index contributed by atoms with van der Waals surface area (Å²) in [6, 6.07) is 5.74. The molecule has 2 aliphatic heterocycles. The monoisotopic (exact) mass is 376 g/mol. The number of hydrogen-bond acceptors (Lipinski definition) is 5. The Morgan fingerprint density at radius 2 is 2.04 bits per heavy atom. The Morgan fingerprint density at radius 1 is 1.11 bits per heavy atom. The second-order valence-corrected chi connectivity index (χ2v) is 7.64. The Morgan fingerprint density at radius 3 is 2.89 bits per heavy atom. The van der Waals surface area contributed by atoms with Crippen molar-refractivity contribution >= 4 is 16.8 Å². The second-order valence-electron chi connectivity index (χ2n) is 7.64. The van der Waals surface area contributed by atoms with E-state index in [0.717, 1.165) is 42.0 Å². The molecule has 5 nitrogen and oxygen atoms in total. The number of aromatic hydroxyl groups is 1. The molecule has 1 aromatic carbocycles. The molecular weight excluding hydrogens is 355 g/mol. The summed E-state index contributed by atoms with van der Waals surface area (Å²) in [6.45, 7) is 0. The summed E-state index contributed by atoms with van der Waals surface area (Å²) >= 11 is 0. The van der Waals surface area contributed by atoms with Crippen molar-refractivity contribution in [3.05, 3.63) is 54.3 Å². The van der Waals surface area contributed by atoms with Gasteiger partial charge in [-0.15, -0.1) is 0 Å². The lowest BCUT2D eigenvalue weighted by Crippen LogP contribution is -2.52. The van der Waals surface area contributed by atoms with Gasteiger partial charge in [0.15, 0.2) is 0 Å². The summed E-state index contributed by atoms with van der Waals surface area (Å²) in [7, 11) is 0. The van der Waals surface area contributed by atoms with Crippen LogP contribution in [0.25, 0.3) is 28.1 Å². The maximum absolute atomic E-state index is 14.7. The molecule has 2 fully saturated rings. The van der Waals surface area contributed by atoms with Gasteiger partial charge in [-0.25, -0.2) is 4.39 Å². The van der Waals surface area contributed by atoms with Gasteiger partial charge in [-0.2, -0.15) is 0 Å². The fraction of sp³-hybridized carbons (Fsp3) is 0.318. The van der Waals surface area contributed by atoms with Crippen molar-refractivity contribution in [2.75, 3.05) is 0 Å². The number of hydrogen-bond donors (Lipinski definition) is 2. The first-order valence-corrected chi connectivity index (χ1v) is 9.67. The van der Waals surface area contributed by atoms with E-state index < -0.39 is 6.17 Å². The van der Waals surface area contributed by atoms with Gasteiger partial charge in [0, 0.05) is 35.4 Å². The maximum Gasteiger partial charge on any atom is 0.137 e. The molecule has 2 N–H and O–H groups in total. The molecule has 2 saturated heterocycles. The van der Waals surface area contributed by atoms with Gasteiger partial charge in [0.1, 0.15) is 11.9 Å². The van der Waals surface area contributed by atoms with Crippen LogP contribution < -0.4 is 5.32 Å². The third kappa shape index (κ3) is 3.14. The molecule has 3 atom stereocenters. The van der Waals surface area contributed by atoms with E-state index in [0.29, 0.717) is 23.0 Å². The number of phenolic OH excluding ortho intramolecular Hbond substituents is 1. The number of piperidine rings is 2. The number of aromatic nitrogens is 3. The van der Waals surface area contributed by atoms with E-state index in [9.17, 15) is 9.50 Å². The van der Waals surface area contributed by atoms with Crippen molar-refractivity contribution in [1.82, 2.24) is 20.3 Å². The number of fused-ring (bicyclic) bond motifs is 3. The molecule has 6 heteroatoms. The molecule has 2 aromatic heterocycles. The quantitative estimate of drug-likeness (QED) is 0.707. The molecule has 0 spiro atoms. The van der Waals surface area contributed by atoms with Crippen molar-refractivity contribution < 1.29 is 9.50 Å². The summed E-state index contributed by atoms with van der Waals surface area (Å²) < 4.78 is 14.7. The molecule has 28 heavy (non-hydrogen) atoms. The number of benzene rings is 1. The summed E-state index contributed by atoms with van der Waals surface area (Å²) in [5.74, 6) is 0.135. The van der Waals surface area contributed by atoms with E-state index >= 15 is 0 Å². The van der Waals surface area contributed by atoms with E-state index in [1.54, 1.807) is 30.9 Å². The van der Waals surface area contributed by atoms with Crippen LogP contribution in [-0.2, 0) is 0 Å². The molecule has 4 heterocycles. The van der Waals surface area contributed by atoms with E-state index in [4.69, 9.17) is 0 Å². The van der Waals surface area contributed by atoms with Gasteiger partial charge in [-0.1, -0.05) is 6.42 Å². The first-order valence-electron chi connectivity index (χ1n) is 9.67. The van der Waals surface area contributed by atoms with Crippen LogP contribution in [-0.4, -0.2) is 38.3 Å². The Labute approximate surface area is 162 Å². The van der Waals surface area contributed by atoms with Crippen LogP contribution in [0.3, 0.4) is 0 Å². The summed E-state index contributed by atoms with van der Waals surface area (Å²) in [5, 5.41) is 15.6. The van der Waals surface area contributed by atoms with Crippen LogP contribution >= 0.6 is 0 Å². The highest BCUT2D eigenvalue weighted by atomic mass is 19.1. The average molecular weight is 376 g/mol. The minimum Gasteiger partial charge on any atom is -0.507 e. The number of nitrogens with zero attached hydrogens (tertiary/aromatic N) is 3. The number of phenols is 1. The molecule has 0 saturated carbocycles. The smallest absolute Gasteiger partial charge is 0.137 e. The zero-order valence-electron chi connectivity index (χ0n) is 15.3. The third-order valence-corrected chi connectivity index (χ3v) is 5.74. The minimum absolute atomic E-state index is 0.0741. The fourth-order valence-corrected chi connectivity index (χ4v) is 4.31. The highest BCUT2D eigenvalue weighted by Gasteiger charge is 2.36. The predicted molar refractivity (Wildman–Crippen MR) is 106 cm³/mol. The van der Waals surface area contributed by atoms with E-state index in [-0.39, 0.29) is 11.8 Å². The number of nitrogens with one attached hydrogen (secondary N) is 1. The van der Waals surface area contributed by atoms with Crippen molar-refractivity contribution in [3.8, 4) is 17.0 Å². The van der Waals surface area contributed by atoms with Gasteiger partial charge < -0.3 is 10.4 Å². The molecule has 0 aliphatic carbocycles. The van der Waals surface area contributed by atoms with Gasteiger partial charge in [0.2, 0.25) is 0 Å². The third-order valence-electron chi connectivity index (χ3n) is 5.74. The lowest BCUT2D eigenvalue weighted by atomic mass is 9.82. The molecule has 2 unspecified atom stereocenters. The number of alkyl halides is 1. The molecule has 0 amide bonds. The van der Waals surface area contributed by atoms with Crippen molar-refractivity contribution in [2.45, 2.75) is 43.9 Å². The SMILES string of the molecule is Oc1cc2cnccc2cc1-c1cnc(/C=C2\CC3CCCC(N3)[C@H]2F)cn1. The van der Waals surface area contributed by atoms with Crippen LogP contribution in [0.1, 0.15) is 31.4 Å². The first kappa shape index (κ1) is 17.3. The number of pyridine rings is 1. The summed E-state index contributed by atoms with van der Waals surface area (Å²) in [5.41, 5.74) is 2.64. The lowest BCUT2D eigenvalue weighted by molar-refractivity contribution is 0.179. The van der Waals surface area contributed by atoms with Gasteiger partial charge in [0.25, 0.3) is 0 Å². The van der Waals surface area contributed by atoms with E-state index in [2.05, 4.69) is 20.3 Å². The fourth-order valence-electron chi connectivity index (χ4n) is 4.31. The molecule has 2 bridgehead atoms. The molecule has 2 aliphatic rings.